The molecule has 0 unspecified atom stereocenters. The number of piperidine rings is 1. The molecule has 2 aliphatic rings. The number of hydrogen-bond acceptors (Lipinski definition) is 3. The fourth-order valence-electron chi connectivity index (χ4n) is 3.85. The van der Waals surface area contributed by atoms with Crippen LogP contribution in [0.2, 0.25) is 0 Å². The van der Waals surface area contributed by atoms with Crippen LogP contribution in [0.4, 0.5) is 0 Å². The van der Waals surface area contributed by atoms with Crippen molar-refractivity contribution in [3.05, 3.63) is 29.8 Å². The first-order valence-corrected chi connectivity index (χ1v) is 9.41. The Bertz CT molecular complexity index is 609. The molecule has 1 amide bonds. The van der Waals surface area contributed by atoms with Crippen LogP contribution in [0, 0.1) is 0 Å². The number of amides is 1. The van der Waals surface area contributed by atoms with E-state index in [0.717, 1.165) is 37.0 Å². The van der Waals surface area contributed by atoms with Crippen LogP contribution in [0.25, 0.3) is 0 Å². The minimum Gasteiger partial charge on any atom is -0.490 e. The molecule has 1 aromatic carbocycles. The van der Waals surface area contributed by atoms with Crippen LogP contribution in [0.5, 0.6) is 5.75 Å². The lowest BCUT2D eigenvalue weighted by atomic mass is 10.0. The number of nitrogens with zero attached hydrogens (tertiary/aromatic N) is 1. The zero-order valence-electron chi connectivity index (χ0n) is 14.7. The lowest BCUT2D eigenvalue weighted by Gasteiger charge is -2.33. The third kappa shape index (κ3) is 4.74. The Kier molecular flexibility index (Phi) is 5.95. The van der Waals surface area contributed by atoms with Crippen molar-refractivity contribution >= 4 is 11.9 Å². The molecule has 1 aliphatic carbocycles. The van der Waals surface area contributed by atoms with E-state index in [1.807, 2.05) is 24.3 Å². The molecule has 1 saturated heterocycles. The van der Waals surface area contributed by atoms with Gasteiger partial charge in [-0.25, -0.2) is 4.79 Å². The van der Waals surface area contributed by atoms with E-state index in [2.05, 4.69) is 0 Å². The van der Waals surface area contributed by atoms with Gasteiger partial charge in [-0.15, -0.1) is 0 Å². The second-order valence-electron chi connectivity index (χ2n) is 7.11. The predicted octanol–water partition coefficient (Wildman–Crippen LogP) is 3.41. The highest BCUT2D eigenvalue weighted by Crippen LogP contribution is 2.25. The van der Waals surface area contributed by atoms with E-state index in [1.54, 1.807) is 4.90 Å². The standard InChI is InChI=1S/C20H27NO4/c22-19(21-13-4-3-10-18(21)20(23)24)12-11-15-6-5-9-17(14-15)25-16-7-1-2-8-16/h5-6,9,14,16,18H,1-4,7-8,10-13H2,(H,23,24)/t18-/m1/s1. The Hall–Kier alpha value is -2.04. The zero-order valence-corrected chi connectivity index (χ0v) is 14.7. The maximum atomic E-state index is 12.5. The Balaban J connectivity index is 1.55. The number of carboxylic acid groups (broad SMARTS) is 1. The number of carbonyl (C=O) groups excluding carboxylic acids is 1. The molecule has 136 valence electrons. The first kappa shape index (κ1) is 17.8. The molecule has 3 rings (SSSR count). The number of likely N-dealkylation sites (tertiary alicyclic amines) is 1. The number of benzene rings is 1. The second kappa shape index (κ2) is 8.37. The van der Waals surface area contributed by atoms with Gasteiger partial charge in [0.2, 0.25) is 5.91 Å². The fraction of sp³-hybridized carbons (Fsp3) is 0.600. The summed E-state index contributed by atoms with van der Waals surface area (Å²) in [4.78, 5) is 25.4. The lowest BCUT2D eigenvalue weighted by Crippen LogP contribution is -2.48. The van der Waals surface area contributed by atoms with Gasteiger partial charge < -0.3 is 14.7 Å². The molecule has 25 heavy (non-hydrogen) atoms. The molecule has 0 bridgehead atoms. The van der Waals surface area contributed by atoms with Crippen molar-refractivity contribution in [3.8, 4) is 5.75 Å². The minimum atomic E-state index is -0.889. The van der Waals surface area contributed by atoms with E-state index in [-0.39, 0.29) is 5.91 Å². The minimum absolute atomic E-state index is 0.0609. The van der Waals surface area contributed by atoms with Gasteiger partial charge in [0.15, 0.2) is 0 Å². The zero-order chi connectivity index (χ0) is 17.6. The second-order valence-corrected chi connectivity index (χ2v) is 7.11. The number of aliphatic carboxylic acids is 1. The first-order valence-electron chi connectivity index (χ1n) is 9.41. The molecule has 1 saturated carbocycles. The molecule has 1 aliphatic heterocycles. The van der Waals surface area contributed by atoms with Gasteiger partial charge in [-0.05, 0) is 69.1 Å². The molecule has 0 spiro atoms. The van der Waals surface area contributed by atoms with Crippen molar-refractivity contribution in [2.75, 3.05) is 6.54 Å². The Morgan fingerprint density at radius 3 is 2.64 bits per heavy atom. The van der Waals surface area contributed by atoms with Gasteiger partial charge in [0, 0.05) is 13.0 Å². The smallest absolute Gasteiger partial charge is 0.326 e. The van der Waals surface area contributed by atoms with Crippen molar-refractivity contribution in [1.82, 2.24) is 4.90 Å². The van der Waals surface area contributed by atoms with Crippen molar-refractivity contribution in [2.24, 2.45) is 0 Å². The Labute approximate surface area is 149 Å². The molecule has 1 N–H and O–H groups in total. The highest BCUT2D eigenvalue weighted by atomic mass is 16.5. The van der Waals surface area contributed by atoms with E-state index in [4.69, 9.17) is 4.74 Å². The molecule has 5 nitrogen and oxygen atoms in total. The number of hydrogen-bond donors (Lipinski definition) is 1. The summed E-state index contributed by atoms with van der Waals surface area (Å²) in [5.74, 6) is -0.0764. The summed E-state index contributed by atoms with van der Waals surface area (Å²) in [5, 5.41) is 9.30. The quantitative estimate of drug-likeness (QED) is 0.858. The fourth-order valence-corrected chi connectivity index (χ4v) is 3.85. The number of carboxylic acids is 1. The average Bonchev–Trinajstić information content (AvgIpc) is 3.13. The van der Waals surface area contributed by atoms with Crippen LogP contribution in [0.3, 0.4) is 0 Å². The maximum absolute atomic E-state index is 12.5. The third-order valence-electron chi connectivity index (χ3n) is 5.24. The van der Waals surface area contributed by atoms with Crippen LogP contribution >= 0.6 is 0 Å². The Morgan fingerprint density at radius 2 is 1.88 bits per heavy atom. The number of carbonyl (C=O) groups is 2. The highest BCUT2D eigenvalue weighted by Gasteiger charge is 2.31. The molecule has 0 aromatic heterocycles. The summed E-state index contributed by atoms with van der Waals surface area (Å²) in [6.45, 7) is 0.556. The predicted molar refractivity (Wildman–Crippen MR) is 94.6 cm³/mol. The van der Waals surface area contributed by atoms with Crippen LogP contribution in [0.15, 0.2) is 24.3 Å². The average molecular weight is 345 g/mol. The highest BCUT2D eigenvalue weighted by molar-refractivity contribution is 5.84. The molecular weight excluding hydrogens is 318 g/mol. The molecule has 1 aromatic rings. The number of ether oxygens (including phenoxy) is 1. The normalized spacial score (nSPS) is 21.3. The van der Waals surface area contributed by atoms with Crippen LogP contribution in [-0.4, -0.2) is 40.6 Å². The van der Waals surface area contributed by atoms with Crippen molar-refractivity contribution < 1.29 is 19.4 Å². The SMILES string of the molecule is O=C(O)[C@H]1CCCCN1C(=O)CCc1cccc(OC2CCCC2)c1. The summed E-state index contributed by atoms with van der Waals surface area (Å²) in [7, 11) is 0. The van der Waals surface area contributed by atoms with Gasteiger partial charge in [-0.3, -0.25) is 4.79 Å². The van der Waals surface area contributed by atoms with E-state index in [9.17, 15) is 14.7 Å². The van der Waals surface area contributed by atoms with Gasteiger partial charge in [0.05, 0.1) is 6.10 Å². The topological polar surface area (TPSA) is 66.8 Å². The summed E-state index contributed by atoms with van der Waals surface area (Å²) in [6, 6.07) is 7.29. The van der Waals surface area contributed by atoms with Crippen LogP contribution in [0.1, 0.15) is 56.9 Å². The maximum Gasteiger partial charge on any atom is 0.326 e. The van der Waals surface area contributed by atoms with Gasteiger partial charge in [0.1, 0.15) is 11.8 Å². The number of rotatable bonds is 6. The van der Waals surface area contributed by atoms with Gasteiger partial charge in [-0.2, -0.15) is 0 Å². The largest absolute Gasteiger partial charge is 0.490 e. The van der Waals surface area contributed by atoms with E-state index in [0.29, 0.717) is 31.9 Å². The third-order valence-corrected chi connectivity index (χ3v) is 5.24. The van der Waals surface area contributed by atoms with Gasteiger partial charge in [0.25, 0.3) is 0 Å². The van der Waals surface area contributed by atoms with Crippen LogP contribution < -0.4 is 4.74 Å². The summed E-state index contributed by atoms with van der Waals surface area (Å²) < 4.78 is 6.01. The van der Waals surface area contributed by atoms with Crippen LogP contribution in [-0.2, 0) is 16.0 Å². The molecular formula is C20H27NO4. The van der Waals surface area contributed by atoms with E-state index in [1.165, 1.54) is 12.8 Å². The Morgan fingerprint density at radius 1 is 1.12 bits per heavy atom. The molecule has 5 heteroatoms. The van der Waals surface area contributed by atoms with Gasteiger partial charge >= 0.3 is 5.97 Å². The summed E-state index contributed by atoms with van der Waals surface area (Å²) in [6.07, 6.45) is 8.32. The molecule has 2 fully saturated rings. The van der Waals surface area contributed by atoms with Gasteiger partial charge in [-0.1, -0.05) is 12.1 Å². The summed E-state index contributed by atoms with van der Waals surface area (Å²) in [5.41, 5.74) is 1.06. The van der Waals surface area contributed by atoms with E-state index >= 15 is 0 Å². The van der Waals surface area contributed by atoms with Crippen molar-refractivity contribution in [1.29, 1.82) is 0 Å². The van der Waals surface area contributed by atoms with Crippen molar-refractivity contribution in [3.63, 3.8) is 0 Å². The van der Waals surface area contributed by atoms with Crippen molar-refractivity contribution in [2.45, 2.75) is 69.9 Å². The number of aryl methyl sites for hydroxylation is 1. The van der Waals surface area contributed by atoms with E-state index < -0.39 is 12.0 Å². The summed E-state index contributed by atoms with van der Waals surface area (Å²) >= 11 is 0. The lowest BCUT2D eigenvalue weighted by molar-refractivity contribution is -0.152. The molecule has 1 atom stereocenters. The first-order chi connectivity index (χ1) is 12.1. The monoisotopic (exact) mass is 345 g/mol. The molecule has 0 radical (unpaired) electrons. The molecule has 1 heterocycles.